The van der Waals surface area contributed by atoms with Crippen LogP contribution in [0.5, 0.6) is 0 Å². The number of anilines is 2. The Morgan fingerprint density at radius 1 is 1.30 bits per heavy atom. The second-order valence-corrected chi connectivity index (χ2v) is 6.77. The molecule has 0 saturated carbocycles. The van der Waals surface area contributed by atoms with Crippen molar-refractivity contribution in [3.8, 4) is 0 Å². The number of nitrogens with one attached hydrogen (secondary N) is 2. The van der Waals surface area contributed by atoms with Crippen LogP contribution in [0.4, 0.5) is 16.5 Å². The van der Waals surface area contributed by atoms with Crippen molar-refractivity contribution in [2.45, 2.75) is 39.3 Å². The molecule has 23 heavy (non-hydrogen) atoms. The minimum atomic E-state index is -0.565. The Kier molecular flexibility index (Phi) is 5.25. The Morgan fingerprint density at radius 2 is 2.00 bits per heavy atom. The van der Waals surface area contributed by atoms with Gasteiger partial charge >= 0.3 is 12.1 Å². The standard InChI is InChI=1S/C15H19BrN4O3/c1-9(17-14(21)23-15(2,3)4)12-19-20-13(22-12)18-11-8-6-5-7-10(11)16/h5-9H,1-4H3,(H,17,21)(H,18,20)/t9-/m0/s1. The summed E-state index contributed by atoms with van der Waals surface area (Å²) in [6.07, 6.45) is -0.538. The summed E-state index contributed by atoms with van der Waals surface area (Å²) < 4.78 is 11.6. The summed E-state index contributed by atoms with van der Waals surface area (Å²) in [5.41, 5.74) is 0.237. The molecule has 8 heteroatoms. The summed E-state index contributed by atoms with van der Waals surface area (Å²) in [6.45, 7) is 7.12. The lowest BCUT2D eigenvalue weighted by atomic mass is 10.2. The number of rotatable bonds is 4. The zero-order valence-electron chi connectivity index (χ0n) is 13.4. The van der Waals surface area contributed by atoms with Crippen LogP contribution in [0.3, 0.4) is 0 Å². The SMILES string of the molecule is C[C@H](NC(=O)OC(C)(C)C)c1nnc(Nc2ccccc2Br)o1. The van der Waals surface area contributed by atoms with Gasteiger partial charge in [0.1, 0.15) is 11.6 Å². The molecule has 0 aliphatic rings. The van der Waals surface area contributed by atoms with E-state index < -0.39 is 17.7 Å². The van der Waals surface area contributed by atoms with Gasteiger partial charge in [-0.15, -0.1) is 5.10 Å². The van der Waals surface area contributed by atoms with Crippen LogP contribution in [0.1, 0.15) is 39.6 Å². The number of ether oxygens (including phenoxy) is 1. The fraction of sp³-hybridized carbons (Fsp3) is 0.400. The van der Waals surface area contributed by atoms with Crippen molar-refractivity contribution in [3.63, 3.8) is 0 Å². The molecule has 0 aliphatic carbocycles. The number of nitrogens with zero attached hydrogens (tertiary/aromatic N) is 2. The van der Waals surface area contributed by atoms with Gasteiger partial charge in [0.25, 0.3) is 0 Å². The molecule has 2 rings (SSSR count). The minimum absolute atomic E-state index is 0.240. The summed E-state index contributed by atoms with van der Waals surface area (Å²) >= 11 is 3.42. The molecule has 0 spiro atoms. The maximum Gasteiger partial charge on any atom is 0.408 e. The van der Waals surface area contributed by atoms with Crippen LogP contribution in [0.2, 0.25) is 0 Å². The number of carbonyl (C=O) groups is 1. The number of para-hydroxylation sites is 1. The molecule has 1 atom stereocenters. The summed E-state index contributed by atoms with van der Waals surface area (Å²) in [5.74, 6) is 0.283. The van der Waals surface area contributed by atoms with Crippen LogP contribution in [0, 0.1) is 0 Å². The molecule has 0 saturated heterocycles. The molecule has 1 aromatic carbocycles. The Morgan fingerprint density at radius 3 is 2.65 bits per heavy atom. The number of hydrogen-bond donors (Lipinski definition) is 2. The van der Waals surface area contributed by atoms with Crippen LogP contribution in [-0.4, -0.2) is 21.9 Å². The lowest BCUT2D eigenvalue weighted by molar-refractivity contribution is 0.0501. The number of alkyl carbamates (subject to hydrolysis) is 1. The second-order valence-electron chi connectivity index (χ2n) is 5.92. The highest BCUT2D eigenvalue weighted by molar-refractivity contribution is 9.10. The second kappa shape index (κ2) is 6.99. The van der Waals surface area contributed by atoms with Gasteiger partial charge in [-0.1, -0.05) is 17.2 Å². The first kappa shape index (κ1) is 17.3. The van der Waals surface area contributed by atoms with Gasteiger partial charge in [0.05, 0.1) is 5.69 Å². The van der Waals surface area contributed by atoms with Crippen LogP contribution in [0.25, 0.3) is 0 Å². The van der Waals surface area contributed by atoms with Crippen LogP contribution < -0.4 is 10.6 Å². The molecule has 0 fully saturated rings. The molecule has 0 aliphatic heterocycles. The highest BCUT2D eigenvalue weighted by atomic mass is 79.9. The molecule has 0 unspecified atom stereocenters. The molecular weight excluding hydrogens is 364 g/mol. The average Bonchev–Trinajstić information content (AvgIpc) is 2.88. The van der Waals surface area contributed by atoms with E-state index in [1.165, 1.54) is 0 Å². The van der Waals surface area contributed by atoms with E-state index in [9.17, 15) is 4.79 Å². The van der Waals surface area contributed by atoms with Crippen molar-refractivity contribution in [1.29, 1.82) is 0 Å². The fourth-order valence-electron chi connectivity index (χ4n) is 1.68. The Bertz CT molecular complexity index is 681. The van der Waals surface area contributed by atoms with E-state index in [1.54, 1.807) is 27.7 Å². The molecule has 1 amide bonds. The van der Waals surface area contributed by atoms with Gasteiger partial charge in [0.2, 0.25) is 5.89 Å². The van der Waals surface area contributed by atoms with Gasteiger partial charge < -0.3 is 19.8 Å². The quantitative estimate of drug-likeness (QED) is 0.824. The van der Waals surface area contributed by atoms with Crippen molar-refractivity contribution in [2.24, 2.45) is 0 Å². The van der Waals surface area contributed by atoms with E-state index in [2.05, 4.69) is 36.8 Å². The monoisotopic (exact) mass is 382 g/mol. The Balaban J connectivity index is 1.99. The third-order valence-corrected chi connectivity index (χ3v) is 3.35. The maximum atomic E-state index is 11.7. The number of hydrogen-bond acceptors (Lipinski definition) is 6. The van der Waals surface area contributed by atoms with Gasteiger partial charge in [-0.3, -0.25) is 0 Å². The summed E-state index contributed by atoms with van der Waals surface area (Å²) in [6, 6.07) is 7.33. The molecule has 0 bridgehead atoms. The predicted molar refractivity (Wildman–Crippen MR) is 89.5 cm³/mol. The van der Waals surface area contributed by atoms with Crippen LogP contribution >= 0.6 is 15.9 Å². The highest BCUT2D eigenvalue weighted by Gasteiger charge is 2.21. The normalized spacial score (nSPS) is 12.6. The lowest BCUT2D eigenvalue weighted by Gasteiger charge is -2.20. The molecule has 2 N–H and O–H groups in total. The summed E-state index contributed by atoms with van der Waals surface area (Å²) in [5, 5.41) is 13.5. The molecule has 124 valence electrons. The smallest absolute Gasteiger partial charge is 0.408 e. The highest BCUT2D eigenvalue weighted by Crippen LogP contribution is 2.25. The van der Waals surface area contributed by atoms with E-state index in [0.717, 1.165) is 10.2 Å². The first-order chi connectivity index (χ1) is 10.7. The van der Waals surface area contributed by atoms with E-state index in [1.807, 2.05) is 24.3 Å². The molecule has 1 aromatic heterocycles. The van der Waals surface area contributed by atoms with E-state index >= 15 is 0 Å². The molecule has 1 heterocycles. The van der Waals surface area contributed by atoms with Crippen LogP contribution in [0.15, 0.2) is 33.2 Å². The first-order valence-corrected chi connectivity index (χ1v) is 7.88. The largest absolute Gasteiger partial charge is 0.444 e. The third kappa shape index (κ3) is 5.24. The number of aromatic nitrogens is 2. The summed E-state index contributed by atoms with van der Waals surface area (Å²) in [4.78, 5) is 11.7. The van der Waals surface area contributed by atoms with Gasteiger partial charge in [0, 0.05) is 4.47 Å². The number of carbonyl (C=O) groups excluding carboxylic acids is 1. The van der Waals surface area contributed by atoms with Crippen molar-refractivity contribution in [3.05, 3.63) is 34.6 Å². The van der Waals surface area contributed by atoms with Gasteiger partial charge in [0.15, 0.2) is 0 Å². The first-order valence-electron chi connectivity index (χ1n) is 7.09. The van der Waals surface area contributed by atoms with Gasteiger partial charge in [-0.2, -0.15) is 0 Å². The third-order valence-electron chi connectivity index (χ3n) is 2.66. The molecule has 2 aromatic rings. The van der Waals surface area contributed by atoms with Crippen molar-refractivity contribution in [2.75, 3.05) is 5.32 Å². The lowest BCUT2D eigenvalue weighted by Crippen LogP contribution is -2.34. The van der Waals surface area contributed by atoms with E-state index in [0.29, 0.717) is 0 Å². The summed E-state index contributed by atoms with van der Waals surface area (Å²) in [7, 11) is 0. The van der Waals surface area contributed by atoms with Crippen molar-refractivity contribution >= 4 is 33.7 Å². The zero-order valence-corrected chi connectivity index (χ0v) is 15.0. The van der Waals surface area contributed by atoms with E-state index in [-0.39, 0.29) is 11.9 Å². The number of halogens is 1. The zero-order chi connectivity index (χ0) is 17.0. The Labute approximate surface area is 142 Å². The van der Waals surface area contributed by atoms with Gasteiger partial charge in [-0.05, 0) is 55.8 Å². The van der Waals surface area contributed by atoms with E-state index in [4.69, 9.17) is 9.15 Å². The topological polar surface area (TPSA) is 89.3 Å². The Hall–Kier alpha value is -2.09. The number of benzene rings is 1. The average molecular weight is 383 g/mol. The predicted octanol–water partition coefficient (Wildman–Crippen LogP) is 4.16. The minimum Gasteiger partial charge on any atom is -0.444 e. The van der Waals surface area contributed by atoms with Gasteiger partial charge in [-0.25, -0.2) is 4.79 Å². The van der Waals surface area contributed by atoms with Crippen molar-refractivity contribution in [1.82, 2.24) is 15.5 Å². The maximum absolute atomic E-state index is 11.7. The molecule has 0 radical (unpaired) electrons. The van der Waals surface area contributed by atoms with Crippen LogP contribution in [-0.2, 0) is 4.74 Å². The number of amides is 1. The molecule has 7 nitrogen and oxygen atoms in total. The van der Waals surface area contributed by atoms with Crippen molar-refractivity contribution < 1.29 is 13.9 Å². The molecular formula is C15H19BrN4O3. The fourth-order valence-corrected chi connectivity index (χ4v) is 2.07.